The van der Waals surface area contributed by atoms with Crippen molar-refractivity contribution in [3.05, 3.63) is 58.7 Å². The Hall–Kier alpha value is -1.60. The molecule has 0 atom stereocenters. The van der Waals surface area contributed by atoms with Crippen molar-refractivity contribution in [1.29, 1.82) is 0 Å². The molecule has 1 spiro atoms. The number of fused-ring (bicyclic) bond motifs is 5. The molecule has 1 aliphatic carbocycles. The van der Waals surface area contributed by atoms with Gasteiger partial charge >= 0.3 is 0 Å². The monoisotopic (exact) mass is 320 g/mol. The SMILES string of the molecule is CC(C)c1ccc2c(c1)C1(CCCCO1)c1cc(C(C)C)ccc1-2. The third-order valence-electron chi connectivity index (χ3n) is 5.85. The second-order valence-corrected chi connectivity index (χ2v) is 8.05. The molecule has 2 aromatic carbocycles. The molecule has 0 aromatic heterocycles. The molecule has 1 fully saturated rings. The molecule has 1 heterocycles. The van der Waals surface area contributed by atoms with Crippen LogP contribution < -0.4 is 0 Å². The Kier molecular flexibility index (Phi) is 3.80. The van der Waals surface area contributed by atoms with Gasteiger partial charge in [-0.25, -0.2) is 0 Å². The highest BCUT2D eigenvalue weighted by Crippen LogP contribution is 2.54. The lowest BCUT2D eigenvalue weighted by molar-refractivity contribution is -0.0503. The summed E-state index contributed by atoms with van der Waals surface area (Å²) in [5.41, 5.74) is 8.20. The third kappa shape index (κ3) is 2.25. The Balaban J connectivity index is 1.95. The summed E-state index contributed by atoms with van der Waals surface area (Å²) < 4.78 is 6.55. The zero-order valence-corrected chi connectivity index (χ0v) is 15.4. The van der Waals surface area contributed by atoms with Crippen molar-refractivity contribution >= 4 is 0 Å². The van der Waals surface area contributed by atoms with Crippen LogP contribution in [0.1, 0.15) is 81.0 Å². The Morgan fingerprint density at radius 2 is 1.33 bits per heavy atom. The average molecular weight is 320 g/mol. The molecule has 0 unspecified atom stereocenters. The Morgan fingerprint density at radius 1 is 0.792 bits per heavy atom. The van der Waals surface area contributed by atoms with Crippen molar-refractivity contribution in [3.63, 3.8) is 0 Å². The van der Waals surface area contributed by atoms with Crippen LogP contribution in [0.15, 0.2) is 36.4 Å². The Labute approximate surface area is 146 Å². The molecule has 1 saturated heterocycles. The van der Waals surface area contributed by atoms with E-state index < -0.39 is 0 Å². The zero-order valence-electron chi connectivity index (χ0n) is 15.4. The molecule has 2 aromatic rings. The smallest absolute Gasteiger partial charge is 0.119 e. The first kappa shape index (κ1) is 15.9. The van der Waals surface area contributed by atoms with Crippen LogP contribution in [-0.4, -0.2) is 6.61 Å². The standard InChI is InChI=1S/C23H28O/c1-15(2)17-7-9-19-20-10-8-18(16(3)4)14-22(20)23(21(19)13-17)11-5-6-12-24-23/h7-10,13-16H,5-6,11-12H2,1-4H3. The van der Waals surface area contributed by atoms with E-state index in [1.54, 1.807) is 0 Å². The molecule has 4 rings (SSSR count). The van der Waals surface area contributed by atoms with Crippen LogP contribution in [0.3, 0.4) is 0 Å². The largest absolute Gasteiger partial charge is 0.365 e. The summed E-state index contributed by atoms with van der Waals surface area (Å²) in [6, 6.07) is 14.1. The molecule has 1 heteroatoms. The Morgan fingerprint density at radius 3 is 1.75 bits per heavy atom. The molecular weight excluding hydrogens is 292 g/mol. The summed E-state index contributed by atoms with van der Waals surface area (Å²) >= 11 is 0. The van der Waals surface area contributed by atoms with Gasteiger partial charge in [-0.2, -0.15) is 0 Å². The van der Waals surface area contributed by atoms with E-state index in [0.29, 0.717) is 11.8 Å². The summed E-state index contributed by atoms with van der Waals surface area (Å²) in [6.07, 6.45) is 3.53. The van der Waals surface area contributed by atoms with Gasteiger partial charge in [0.2, 0.25) is 0 Å². The van der Waals surface area contributed by atoms with Crippen molar-refractivity contribution in [2.75, 3.05) is 6.61 Å². The van der Waals surface area contributed by atoms with E-state index in [-0.39, 0.29) is 5.60 Å². The molecule has 0 amide bonds. The quantitative estimate of drug-likeness (QED) is 0.625. The van der Waals surface area contributed by atoms with Crippen LogP contribution in [0.4, 0.5) is 0 Å². The molecule has 0 bridgehead atoms. The molecule has 126 valence electrons. The van der Waals surface area contributed by atoms with Crippen molar-refractivity contribution in [1.82, 2.24) is 0 Å². The van der Waals surface area contributed by atoms with Crippen LogP contribution in [0, 0.1) is 0 Å². The first-order valence-corrected chi connectivity index (χ1v) is 9.46. The molecule has 1 nitrogen and oxygen atoms in total. The van der Waals surface area contributed by atoms with Gasteiger partial charge in [-0.3, -0.25) is 0 Å². The van der Waals surface area contributed by atoms with E-state index in [1.165, 1.54) is 46.2 Å². The molecule has 2 aliphatic rings. The van der Waals surface area contributed by atoms with Gasteiger partial charge in [0.1, 0.15) is 5.60 Å². The highest BCUT2D eigenvalue weighted by molar-refractivity contribution is 5.81. The maximum atomic E-state index is 6.55. The van der Waals surface area contributed by atoms with E-state index in [4.69, 9.17) is 4.74 Å². The van der Waals surface area contributed by atoms with E-state index in [9.17, 15) is 0 Å². The van der Waals surface area contributed by atoms with Gasteiger partial charge in [0.15, 0.2) is 0 Å². The summed E-state index contributed by atoms with van der Waals surface area (Å²) in [5.74, 6) is 1.09. The highest BCUT2D eigenvalue weighted by atomic mass is 16.5. The van der Waals surface area contributed by atoms with Gasteiger partial charge in [0.25, 0.3) is 0 Å². The van der Waals surface area contributed by atoms with Crippen molar-refractivity contribution < 1.29 is 4.74 Å². The topological polar surface area (TPSA) is 9.23 Å². The average Bonchev–Trinajstić information content (AvgIpc) is 2.85. The lowest BCUT2D eigenvalue weighted by Gasteiger charge is -2.36. The van der Waals surface area contributed by atoms with E-state index in [1.807, 2.05) is 0 Å². The van der Waals surface area contributed by atoms with Gasteiger partial charge in [0.05, 0.1) is 0 Å². The van der Waals surface area contributed by atoms with E-state index in [0.717, 1.165) is 13.0 Å². The number of ether oxygens (including phenoxy) is 1. The van der Waals surface area contributed by atoms with E-state index >= 15 is 0 Å². The van der Waals surface area contributed by atoms with Gasteiger partial charge in [0, 0.05) is 6.61 Å². The van der Waals surface area contributed by atoms with Gasteiger partial charge in [-0.15, -0.1) is 0 Å². The van der Waals surface area contributed by atoms with Crippen molar-refractivity contribution in [2.45, 2.75) is 64.4 Å². The number of benzene rings is 2. The van der Waals surface area contributed by atoms with Crippen molar-refractivity contribution in [3.8, 4) is 11.1 Å². The summed E-state index contributed by atoms with van der Waals surface area (Å²) in [7, 11) is 0. The van der Waals surface area contributed by atoms with Crippen LogP contribution in [0.5, 0.6) is 0 Å². The van der Waals surface area contributed by atoms with Gasteiger partial charge in [-0.1, -0.05) is 64.1 Å². The highest BCUT2D eigenvalue weighted by Gasteiger charge is 2.45. The first-order chi connectivity index (χ1) is 11.5. The molecular formula is C23H28O. The normalized spacial score (nSPS) is 18.2. The summed E-state index contributed by atoms with van der Waals surface area (Å²) in [6.45, 7) is 9.96. The lowest BCUT2D eigenvalue weighted by atomic mass is 9.82. The lowest BCUT2D eigenvalue weighted by Crippen LogP contribution is -2.33. The minimum absolute atomic E-state index is 0.210. The molecule has 0 saturated carbocycles. The second kappa shape index (κ2) is 5.74. The van der Waals surface area contributed by atoms with Crippen molar-refractivity contribution in [2.24, 2.45) is 0 Å². The maximum Gasteiger partial charge on any atom is 0.119 e. The fourth-order valence-corrected chi connectivity index (χ4v) is 4.34. The minimum atomic E-state index is -0.210. The van der Waals surface area contributed by atoms with E-state index in [2.05, 4.69) is 64.1 Å². The van der Waals surface area contributed by atoms with Crippen LogP contribution in [0.25, 0.3) is 11.1 Å². The maximum absolute atomic E-state index is 6.55. The van der Waals surface area contributed by atoms with Gasteiger partial charge < -0.3 is 4.74 Å². The van der Waals surface area contributed by atoms with Crippen LogP contribution in [0.2, 0.25) is 0 Å². The Bertz CT molecular complexity index is 704. The van der Waals surface area contributed by atoms with Crippen LogP contribution in [-0.2, 0) is 10.3 Å². The summed E-state index contributed by atoms with van der Waals surface area (Å²) in [4.78, 5) is 0. The second-order valence-electron chi connectivity index (χ2n) is 8.05. The third-order valence-corrected chi connectivity index (χ3v) is 5.85. The first-order valence-electron chi connectivity index (χ1n) is 9.46. The predicted octanol–water partition coefficient (Wildman–Crippen LogP) is 6.36. The molecule has 0 radical (unpaired) electrons. The van der Waals surface area contributed by atoms with Gasteiger partial charge in [-0.05, 0) is 64.5 Å². The molecule has 1 aliphatic heterocycles. The number of rotatable bonds is 2. The number of hydrogen-bond donors (Lipinski definition) is 0. The van der Waals surface area contributed by atoms with Crippen LogP contribution >= 0.6 is 0 Å². The predicted molar refractivity (Wildman–Crippen MR) is 101 cm³/mol. The summed E-state index contributed by atoms with van der Waals surface area (Å²) in [5, 5.41) is 0. The fraction of sp³-hybridized carbons (Fsp3) is 0.478. The number of hydrogen-bond acceptors (Lipinski definition) is 1. The fourth-order valence-electron chi connectivity index (χ4n) is 4.34. The molecule has 0 N–H and O–H groups in total. The zero-order chi connectivity index (χ0) is 16.9. The molecule has 24 heavy (non-hydrogen) atoms. The minimum Gasteiger partial charge on any atom is -0.365 e.